The monoisotopic (exact) mass is 290 g/mol. The number of aromatic nitrogens is 3. The highest BCUT2D eigenvalue weighted by atomic mass is 32.2. The van der Waals surface area contributed by atoms with Gasteiger partial charge in [-0.05, 0) is 44.7 Å². The van der Waals surface area contributed by atoms with Gasteiger partial charge in [0.15, 0.2) is 0 Å². The fraction of sp³-hybridized carbons (Fsp3) is 0.357. The summed E-state index contributed by atoms with van der Waals surface area (Å²) in [6.07, 6.45) is 0.0272. The molecule has 5 nitrogen and oxygen atoms in total. The van der Waals surface area contributed by atoms with Crippen LogP contribution in [0.15, 0.2) is 34.3 Å². The van der Waals surface area contributed by atoms with E-state index in [0.717, 1.165) is 4.90 Å². The van der Waals surface area contributed by atoms with Crippen LogP contribution in [0.25, 0.3) is 0 Å². The van der Waals surface area contributed by atoms with E-state index >= 15 is 0 Å². The SMILES string of the molecule is CNc1nc(OC(C)C)nc(Sc2ccc(C)cc2)n1. The van der Waals surface area contributed by atoms with E-state index in [2.05, 4.69) is 39.3 Å². The molecule has 1 aromatic heterocycles. The summed E-state index contributed by atoms with van der Waals surface area (Å²) in [4.78, 5) is 13.9. The fourth-order valence-corrected chi connectivity index (χ4v) is 2.21. The Balaban J connectivity index is 2.23. The van der Waals surface area contributed by atoms with Crippen LogP contribution in [0.2, 0.25) is 0 Å². The average molecular weight is 290 g/mol. The summed E-state index contributed by atoms with van der Waals surface area (Å²) in [6, 6.07) is 8.56. The number of aryl methyl sites for hydroxylation is 1. The minimum Gasteiger partial charge on any atom is -0.461 e. The van der Waals surface area contributed by atoms with Crippen molar-refractivity contribution >= 4 is 17.7 Å². The zero-order chi connectivity index (χ0) is 14.5. The van der Waals surface area contributed by atoms with Crippen LogP contribution in [0.1, 0.15) is 19.4 Å². The van der Waals surface area contributed by atoms with E-state index in [4.69, 9.17) is 4.74 Å². The Kier molecular flexibility index (Phi) is 4.79. The molecular weight excluding hydrogens is 272 g/mol. The highest BCUT2D eigenvalue weighted by Crippen LogP contribution is 2.26. The Morgan fingerprint density at radius 2 is 1.80 bits per heavy atom. The van der Waals surface area contributed by atoms with E-state index in [0.29, 0.717) is 17.1 Å². The molecule has 0 aliphatic rings. The summed E-state index contributed by atoms with van der Waals surface area (Å²) in [5, 5.41) is 3.54. The van der Waals surface area contributed by atoms with Gasteiger partial charge in [-0.3, -0.25) is 0 Å². The van der Waals surface area contributed by atoms with Gasteiger partial charge in [0.1, 0.15) is 0 Å². The van der Waals surface area contributed by atoms with Gasteiger partial charge < -0.3 is 10.1 Å². The molecule has 0 saturated heterocycles. The van der Waals surface area contributed by atoms with E-state index in [-0.39, 0.29) is 6.10 Å². The molecule has 0 aliphatic carbocycles. The summed E-state index contributed by atoms with van der Waals surface area (Å²) in [6.45, 7) is 5.94. The molecule has 6 heteroatoms. The maximum Gasteiger partial charge on any atom is 0.322 e. The van der Waals surface area contributed by atoms with E-state index in [1.54, 1.807) is 7.05 Å². The molecule has 2 aromatic rings. The Hall–Kier alpha value is -1.82. The third kappa shape index (κ3) is 4.09. The molecule has 0 aliphatic heterocycles. The number of rotatable bonds is 5. The van der Waals surface area contributed by atoms with E-state index in [1.807, 2.05) is 26.0 Å². The number of nitrogens with zero attached hydrogens (tertiary/aromatic N) is 3. The van der Waals surface area contributed by atoms with Gasteiger partial charge in [0, 0.05) is 11.9 Å². The second-order valence-corrected chi connectivity index (χ2v) is 5.60. The van der Waals surface area contributed by atoms with Crippen LogP contribution < -0.4 is 10.1 Å². The minimum absolute atomic E-state index is 0.0272. The van der Waals surface area contributed by atoms with Gasteiger partial charge in [-0.15, -0.1) is 0 Å². The predicted molar refractivity (Wildman–Crippen MR) is 80.4 cm³/mol. The van der Waals surface area contributed by atoms with E-state index in [9.17, 15) is 0 Å². The molecule has 0 spiro atoms. The standard InChI is InChI=1S/C14H18N4OS/c1-9(2)19-13-16-12(15-4)17-14(18-13)20-11-7-5-10(3)6-8-11/h5-9H,1-4H3,(H,15,16,17,18). The maximum atomic E-state index is 5.54. The Bertz CT molecular complexity index is 572. The molecule has 106 valence electrons. The lowest BCUT2D eigenvalue weighted by molar-refractivity contribution is 0.219. The molecule has 1 N–H and O–H groups in total. The third-order valence-electron chi connectivity index (χ3n) is 2.39. The van der Waals surface area contributed by atoms with Crippen molar-refractivity contribution in [2.45, 2.75) is 36.9 Å². The van der Waals surface area contributed by atoms with Gasteiger partial charge in [-0.1, -0.05) is 17.7 Å². The first-order valence-electron chi connectivity index (χ1n) is 6.42. The molecule has 2 rings (SSSR count). The van der Waals surface area contributed by atoms with Crippen LogP contribution in [0.5, 0.6) is 6.01 Å². The molecule has 0 unspecified atom stereocenters. The average Bonchev–Trinajstić information content (AvgIpc) is 2.40. The molecule has 20 heavy (non-hydrogen) atoms. The lowest BCUT2D eigenvalue weighted by Gasteiger charge is -2.10. The number of hydrogen-bond donors (Lipinski definition) is 1. The summed E-state index contributed by atoms with van der Waals surface area (Å²) in [7, 11) is 1.77. The first kappa shape index (κ1) is 14.6. The van der Waals surface area contributed by atoms with Gasteiger partial charge in [-0.2, -0.15) is 15.0 Å². The summed E-state index contributed by atoms with van der Waals surface area (Å²) in [5.41, 5.74) is 1.23. The van der Waals surface area contributed by atoms with Gasteiger partial charge in [-0.25, -0.2) is 0 Å². The second kappa shape index (κ2) is 6.56. The van der Waals surface area contributed by atoms with Crippen LogP contribution >= 0.6 is 11.8 Å². The molecule has 0 atom stereocenters. The largest absolute Gasteiger partial charge is 0.461 e. The molecule has 0 fully saturated rings. The number of hydrogen-bond acceptors (Lipinski definition) is 6. The van der Waals surface area contributed by atoms with Crippen LogP contribution in [0, 0.1) is 6.92 Å². The summed E-state index contributed by atoms with van der Waals surface area (Å²) >= 11 is 1.48. The van der Waals surface area contributed by atoms with Crippen molar-refractivity contribution in [1.82, 2.24) is 15.0 Å². The van der Waals surface area contributed by atoms with E-state index in [1.165, 1.54) is 17.3 Å². The lowest BCUT2D eigenvalue weighted by Crippen LogP contribution is -2.10. The van der Waals surface area contributed by atoms with Crippen molar-refractivity contribution < 1.29 is 4.74 Å². The lowest BCUT2D eigenvalue weighted by atomic mass is 10.2. The number of benzene rings is 1. The van der Waals surface area contributed by atoms with E-state index < -0.39 is 0 Å². The molecule has 1 heterocycles. The number of ether oxygens (including phenoxy) is 1. The zero-order valence-corrected chi connectivity index (χ0v) is 12.9. The van der Waals surface area contributed by atoms with Gasteiger partial charge >= 0.3 is 6.01 Å². The Labute approximate surface area is 123 Å². The smallest absolute Gasteiger partial charge is 0.322 e. The molecule has 0 radical (unpaired) electrons. The molecule has 0 amide bonds. The molecule has 0 saturated carbocycles. The van der Waals surface area contributed by atoms with Crippen molar-refractivity contribution in [3.8, 4) is 6.01 Å². The van der Waals surface area contributed by atoms with Crippen molar-refractivity contribution in [1.29, 1.82) is 0 Å². The minimum atomic E-state index is 0.0272. The molecule has 1 aromatic carbocycles. The number of nitrogens with one attached hydrogen (secondary N) is 1. The highest BCUT2D eigenvalue weighted by molar-refractivity contribution is 7.99. The second-order valence-electron chi connectivity index (χ2n) is 4.56. The topological polar surface area (TPSA) is 59.9 Å². The van der Waals surface area contributed by atoms with Crippen molar-refractivity contribution in [2.24, 2.45) is 0 Å². The van der Waals surface area contributed by atoms with Crippen molar-refractivity contribution in [3.05, 3.63) is 29.8 Å². The first-order valence-corrected chi connectivity index (χ1v) is 7.23. The zero-order valence-electron chi connectivity index (χ0n) is 12.0. The van der Waals surface area contributed by atoms with Gasteiger partial charge in [0.25, 0.3) is 0 Å². The number of anilines is 1. The maximum absolute atomic E-state index is 5.54. The third-order valence-corrected chi connectivity index (χ3v) is 3.26. The summed E-state index contributed by atoms with van der Waals surface area (Å²) in [5.74, 6) is 0.505. The predicted octanol–water partition coefficient (Wildman–Crippen LogP) is 3.16. The Morgan fingerprint density at radius 1 is 1.10 bits per heavy atom. The van der Waals surface area contributed by atoms with Crippen molar-refractivity contribution in [2.75, 3.05) is 12.4 Å². The Morgan fingerprint density at radius 3 is 2.40 bits per heavy atom. The van der Waals surface area contributed by atoms with Gasteiger partial charge in [0.05, 0.1) is 6.10 Å². The van der Waals surface area contributed by atoms with Crippen LogP contribution in [0.3, 0.4) is 0 Å². The fourth-order valence-electron chi connectivity index (χ4n) is 1.47. The summed E-state index contributed by atoms with van der Waals surface area (Å²) < 4.78 is 5.54. The van der Waals surface area contributed by atoms with Gasteiger partial charge in [0.2, 0.25) is 11.1 Å². The van der Waals surface area contributed by atoms with Crippen LogP contribution in [-0.4, -0.2) is 28.1 Å². The molecular formula is C14H18N4OS. The molecule has 0 bridgehead atoms. The van der Waals surface area contributed by atoms with Crippen LogP contribution in [0.4, 0.5) is 5.95 Å². The first-order chi connectivity index (χ1) is 9.56. The normalized spacial score (nSPS) is 10.7. The highest BCUT2D eigenvalue weighted by Gasteiger charge is 2.09. The van der Waals surface area contributed by atoms with Crippen LogP contribution in [-0.2, 0) is 0 Å². The quantitative estimate of drug-likeness (QED) is 0.912. The van der Waals surface area contributed by atoms with Crippen molar-refractivity contribution in [3.63, 3.8) is 0 Å².